The third kappa shape index (κ3) is 4.95. The minimum Gasteiger partial charge on any atom is -0.389 e. The maximum Gasteiger partial charge on any atom is 0.251 e. The molecule has 8 heteroatoms. The number of rotatable bonds is 8. The summed E-state index contributed by atoms with van der Waals surface area (Å²) in [7, 11) is 0. The normalized spacial score (nSPS) is 13.7. The Kier molecular flexibility index (Phi) is 6.22. The summed E-state index contributed by atoms with van der Waals surface area (Å²) in [5.74, 6) is -0.0546. The van der Waals surface area contributed by atoms with Crippen LogP contribution in [0.3, 0.4) is 0 Å². The van der Waals surface area contributed by atoms with Crippen molar-refractivity contribution in [3.63, 3.8) is 0 Å². The van der Waals surface area contributed by atoms with Gasteiger partial charge in [0.2, 0.25) is 0 Å². The van der Waals surface area contributed by atoms with Crippen molar-refractivity contribution in [1.29, 1.82) is 0 Å². The molecule has 2 heterocycles. The molecular formula is C28H30FN5O2. The van der Waals surface area contributed by atoms with Crippen LogP contribution in [0.2, 0.25) is 0 Å². The third-order valence-electron chi connectivity index (χ3n) is 6.30. The summed E-state index contributed by atoms with van der Waals surface area (Å²) >= 11 is 0. The molecule has 5 rings (SSSR count). The molecule has 2 aromatic heterocycles. The molecule has 2 aromatic carbocycles. The van der Waals surface area contributed by atoms with Gasteiger partial charge in [0.05, 0.1) is 28.9 Å². The molecule has 0 atom stereocenters. The Balaban J connectivity index is 1.61. The Morgan fingerprint density at radius 2 is 1.97 bits per heavy atom. The second kappa shape index (κ2) is 9.35. The van der Waals surface area contributed by atoms with Crippen LogP contribution >= 0.6 is 0 Å². The van der Waals surface area contributed by atoms with Crippen LogP contribution < -0.4 is 10.6 Å². The molecule has 3 N–H and O–H groups in total. The molecule has 1 aliphatic rings. The number of hydrogen-bond donors (Lipinski definition) is 3. The predicted molar refractivity (Wildman–Crippen MR) is 139 cm³/mol. The standard InChI is InChI=1S/C28H30FN5O2/c1-17-12-18(8-11-21(17)27(35)32-20-9-10-20)25-15-30-26-24(31-16-28(2,3)36)13-23(33-34(25)26)22-7-5-4-6-19(22)14-29/h4-8,11-13,15,20,31,36H,9-10,14,16H2,1-3H3,(H,32,35). The number of halogens is 1. The van der Waals surface area contributed by atoms with Gasteiger partial charge in [0, 0.05) is 29.3 Å². The number of imidazole rings is 1. The van der Waals surface area contributed by atoms with Crippen molar-refractivity contribution in [2.75, 3.05) is 11.9 Å². The van der Waals surface area contributed by atoms with Gasteiger partial charge < -0.3 is 15.7 Å². The number of carbonyl (C=O) groups excluding carboxylic acids is 1. The van der Waals surface area contributed by atoms with E-state index in [0.717, 1.165) is 29.7 Å². The van der Waals surface area contributed by atoms with E-state index < -0.39 is 12.3 Å². The molecule has 4 aromatic rings. The fourth-order valence-electron chi connectivity index (χ4n) is 4.19. The maximum absolute atomic E-state index is 13.8. The van der Waals surface area contributed by atoms with Crippen LogP contribution in [-0.4, -0.2) is 43.8 Å². The van der Waals surface area contributed by atoms with Gasteiger partial charge in [-0.25, -0.2) is 13.9 Å². The van der Waals surface area contributed by atoms with E-state index in [1.807, 2.05) is 43.3 Å². The molecule has 0 unspecified atom stereocenters. The number of hydrogen-bond acceptors (Lipinski definition) is 5. The summed E-state index contributed by atoms with van der Waals surface area (Å²) in [4.78, 5) is 17.2. The number of carbonyl (C=O) groups is 1. The fourth-order valence-corrected chi connectivity index (χ4v) is 4.19. The summed E-state index contributed by atoms with van der Waals surface area (Å²) in [5, 5.41) is 21.4. The average molecular weight is 488 g/mol. The lowest BCUT2D eigenvalue weighted by molar-refractivity contribution is 0.0940. The van der Waals surface area contributed by atoms with Gasteiger partial charge in [-0.3, -0.25) is 4.79 Å². The Bertz CT molecular complexity index is 1440. The maximum atomic E-state index is 13.8. The monoisotopic (exact) mass is 487 g/mol. The highest BCUT2D eigenvalue weighted by molar-refractivity contribution is 5.96. The van der Waals surface area contributed by atoms with Crippen LogP contribution in [0.5, 0.6) is 0 Å². The average Bonchev–Trinajstić information content (AvgIpc) is 3.56. The molecule has 1 aliphatic carbocycles. The minimum atomic E-state index is -0.944. The highest BCUT2D eigenvalue weighted by Crippen LogP contribution is 2.31. The molecule has 36 heavy (non-hydrogen) atoms. The van der Waals surface area contributed by atoms with Crippen LogP contribution in [0.1, 0.15) is 48.2 Å². The number of alkyl halides is 1. The van der Waals surface area contributed by atoms with E-state index in [1.54, 1.807) is 36.7 Å². The van der Waals surface area contributed by atoms with Crippen molar-refractivity contribution in [2.24, 2.45) is 0 Å². The Hall–Kier alpha value is -3.78. The summed E-state index contributed by atoms with van der Waals surface area (Å²) < 4.78 is 15.5. The van der Waals surface area contributed by atoms with Crippen molar-refractivity contribution < 1.29 is 14.3 Å². The number of benzene rings is 2. The van der Waals surface area contributed by atoms with Gasteiger partial charge >= 0.3 is 0 Å². The Morgan fingerprint density at radius 1 is 1.19 bits per heavy atom. The molecule has 0 spiro atoms. The smallest absolute Gasteiger partial charge is 0.251 e. The van der Waals surface area contributed by atoms with Crippen LogP contribution in [0.4, 0.5) is 10.1 Å². The van der Waals surface area contributed by atoms with E-state index in [4.69, 9.17) is 5.10 Å². The van der Waals surface area contributed by atoms with E-state index in [0.29, 0.717) is 46.3 Å². The Labute approximate surface area is 209 Å². The van der Waals surface area contributed by atoms with Crippen molar-refractivity contribution in [3.05, 3.63) is 71.4 Å². The summed E-state index contributed by atoms with van der Waals surface area (Å²) in [5.41, 5.74) is 5.26. The lowest BCUT2D eigenvalue weighted by Crippen LogP contribution is -2.29. The van der Waals surface area contributed by atoms with Crippen molar-refractivity contribution >= 4 is 17.2 Å². The molecular weight excluding hydrogens is 457 g/mol. The van der Waals surface area contributed by atoms with Crippen LogP contribution in [0.25, 0.3) is 28.2 Å². The van der Waals surface area contributed by atoms with E-state index in [1.165, 1.54) is 0 Å². The summed E-state index contributed by atoms with van der Waals surface area (Å²) in [6, 6.07) is 15.1. The van der Waals surface area contributed by atoms with E-state index in [-0.39, 0.29) is 5.91 Å². The lowest BCUT2D eigenvalue weighted by atomic mass is 10.0. The van der Waals surface area contributed by atoms with Gasteiger partial charge in [-0.05, 0) is 62.9 Å². The minimum absolute atomic E-state index is 0.0546. The van der Waals surface area contributed by atoms with E-state index >= 15 is 0 Å². The van der Waals surface area contributed by atoms with Crippen molar-refractivity contribution in [1.82, 2.24) is 19.9 Å². The lowest BCUT2D eigenvalue weighted by Gasteiger charge is -2.19. The number of fused-ring (bicyclic) bond motifs is 1. The zero-order valence-electron chi connectivity index (χ0n) is 20.7. The quantitative estimate of drug-likeness (QED) is 0.328. The molecule has 0 bridgehead atoms. The van der Waals surface area contributed by atoms with E-state index in [2.05, 4.69) is 15.6 Å². The highest BCUT2D eigenvalue weighted by atomic mass is 19.1. The topological polar surface area (TPSA) is 91.6 Å². The molecule has 1 saturated carbocycles. The number of aryl methyl sites for hydroxylation is 1. The number of aliphatic hydroxyl groups is 1. The number of anilines is 1. The fraction of sp³-hybridized carbons (Fsp3) is 0.321. The largest absolute Gasteiger partial charge is 0.389 e. The van der Waals surface area contributed by atoms with Gasteiger partial charge in [-0.2, -0.15) is 5.10 Å². The highest BCUT2D eigenvalue weighted by Gasteiger charge is 2.25. The van der Waals surface area contributed by atoms with Crippen molar-refractivity contribution in [2.45, 2.75) is 51.9 Å². The number of nitrogens with one attached hydrogen (secondary N) is 2. The molecule has 0 saturated heterocycles. The van der Waals surface area contributed by atoms with Crippen LogP contribution in [0, 0.1) is 6.92 Å². The first-order valence-corrected chi connectivity index (χ1v) is 12.1. The van der Waals surface area contributed by atoms with Crippen molar-refractivity contribution in [3.8, 4) is 22.5 Å². The van der Waals surface area contributed by atoms with Gasteiger partial charge in [0.15, 0.2) is 5.65 Å². The predicted octanol–water partition coefficient (Wildman–Crippen LogP) is 4.92. The Morgan fingerprint density at radius 3 is 2.67 bits per heavy atom. The van der Waals surface area contributed by atoms with Crippen LogP contribution in [0.15, 0.2) is 54.7 Å². The molecule has 186 valence electrons. The molecule has 7 nitrogen and oxygen atoms in total. The first-order valence-electron chi connectivity index (χ1n) is 12.1. The number of nitrogens with zero attached hydrogens (tertiary/aromatic N) is 3. The van der Waals surface area contributed by atoms with Crippen LogP contribution in [-0.2, 0) is 6.67 Å². The van der Waals surface area contributed by atoms with Gasteiger partial charge in [-0.1, -0.05) is 30.3 Å². The molecule has 1 fully saturated rings. The second-order valence-corrected chi connectivity index (χ2v) is 10.1. The van der Waals surface area contributed by atoms with Gasteiger partial charge in [-0.15, -0.1) is 0 Å². The number of amides is 1. The first-order chi connectivity index (χ1) is 17.2. The SMILES string of the molecule is Cc1cc(-c2cnc3c(NCC(C)(C)O)cc(-c4ccccc4CF)nn23)ccc1C(=O)NC1CC1. The third-order valence-corrected chi connectivity index (χ3v) is 6.30. The molecule has 1 amide bonds. The van der Waals surface area contributed by atoms with E-state index in [9.17, 15) is 14.3 Å². The summed E-state index contributed by atoms with van der Waals surface area (Å²) in [6.45, 7) is 5.05. The van der Waals surface area contributed by atoms with Gasteiger partial charge in [0.25, 0.3) is 5.91 Å². The first kappa shape index (κ1) is 23.9. The van der Waals surface area contributed by atoms with Gasteiger partial charge in [0.1, 0.15) is 6.67 Å². The molecule has 0 radical (unpaired) electrons. The zero-order chi connectivity index (χ0) is 25.4. The summed E-state index contributed by atoms with van der Waals surface area (Å²) in [6.07, 6.45) is 3.81. The second-order valence-electron chi connectivity index (χ2n) is 10.1. The number of aromatic nitrogens is 3. The zero-order valence-corrected chi connectivity index (χ0v) is 20.7. The molecule has 0 aliphatic heterocycles.